The molecule has 4 aromatic rings. The van der Waals surface area contributed by atoms with Gasteiger partial charge < -0.3 is 21.3 Å². The highest BCUT2D eigenvalue weighted by molar-refractivity contribution is 6.05. The Balaban J connectivity index is 1.49. The summed E-state index contributed by atoms with van der Waals surface area (Å²) in [6.07, 6.45) is 0. The molecule has 204 valence electrons. The largest absolute Gasteiger partial charge is 0.397 e. The number of carbonyl (C=O) groups excluding carboxylic acids is 3. The van der Waals surface area contributed by atoms with Crippen LogP contribution in [0, 0.1) is 19.7 Å². The lowest BCUT2D eigenvalue weighted by Gasteiger charge is -2.23. The van der Waals surface area contributed by atoms with Crippen LogP contribution in [-0.4, -0.2) is 29.2 Å². The van der Waals surface area contributed by atoms with Crippen molar-refractivity contribution in [3.8, 4) is 0 Å². The highest BCUT2D eigenvalue weighted by atomic mass is 19.1. The van der Waals surface area contributed by atoms with Crippen molar-refractivity contribution in [2.24, 2.45) is 0 Å². The SMILES string of the molecule is Cc1cc(C)cc(C(=O)N(CC(=O)NCc2ccccc2)Cc2ccc(C(=O)Nc3cc(F)ccc3N)cc2)c1. The predicted octanol–water partition coefficient (Wildman–Crippen LogP) is 5.24. The number of halogens is 1. The smallest absolute Gasteiger partial charge is 0.255 e. The fraction of sp³-hybridized carbons (Fsp3) is 0.156. The van der Waals surface area contributed by atoms with E-state index >= 15 is 0 Å². The van der Waals surface area contributed by atoms with Gasteiger partial charge in [-0.25, -0.2) is 4.39 Å². The molecule has 0 atom stereocenters. The number of benzene rings is 4. The van der Waals surface area contributed by atoms with Crippen LogP contribution in [0.4, 0.5) is 15.8 Å². The predicted molar refractivity (Wildman–Crippen MR) is 154 cm³/mol. The standard InChI is InChI=1S/C32H31FN4O3/c1-21-14-22(2)16-26(15-21)32(40)37(20-30(38)35-18-23-6-4-3-5-7-23)19-24-8-10-25(11-9-24)31(39)36-29-17-27(33)12-13-28(29)34/h3-17H,18-20,34H2,1-2H3,(H,35,38)(H,36,39). The summed E-state index contributed by atoms with van der Waals surface area (Å²) >= 11 is 0. The number of nitrogens with zero attached hydrogens (tertiary/aromatic N) is 1. The van der Waals surface area contributed by atoms with Gasteiger partial charge in [0.25, 0.3) is 11.8 Å². The topological polar surface area (TPSA) is 105 Å². The number of rotatable bonds is 9. The molecule has 0 spiro atoms. The van der Waals surface area contributed by atoms with E-state index in [-0.39, 0.29) is 36.3 Å². The van der Waals surface area contributed by atoms with Gasteiger partial charge in [-0.05, 0) is 67.4 Å². The molecule has 0 heterocycles. The summed E-state index contributed by atoms with van der Waals surface area (Å²) in [5, 5.41) is 5.49. The van der Waals surface area contributed by atoms with E-state index in [0.717, 1.165) is 28.3 Å². The maximum absolute atomic E-state index is 13.6. The van der Waals surface area contributed by atoms with E-state index in [1.807, 2.05) is 50.2 Å². The van der Waals surface area contributed by atoms with Gasteiger partial charge in [0, 0.05) is 24.2 Å². The molecular weight excluding hydrogens is 507 g/mol. The van der Waals surface area contributed by atoms with E-state index in [4.69, 9.17) is 5.73 Å². The summed E-state index contributed by atoms with van der Waals surface area (Å²) in [4.78, 5) is 40.6. The molecule has 0 radical (unpaired) electrons. The second-order valence-corrected chi connectivity index (χ2v) is 9.68. The van der Waals surface area contributed by atoms with Gasteiger partial charge in [0.1, 0.15) is 12.4 Å². The summed E-state index contributed by atoms with van der Waals surface area (Å²) in [5.41, 5.74) is 10.7. The fourth-order valence-electron chi connectivity index (χ4n) is 4.32. The number of nitrogens with one attached hydrogen (secondary N) is 2. The molecule has 0 fully saturated rings. The number of aryl methyl sites for hydroxylation is 2. The van der Waals surface area contributed by atoms with Crippen LogP contribution in [0.15, 0.2) is 91.0 Å². The normalized spacial score (nSPS) is 10.6. The van der Waals surface area contributed by atoms with Crippen molar-refractivity contribution in [2.45, 2.75) is 26.9 Å². The van der Waals surface area contributed by atoms with Crippen molar-refractivity contribution < 1.29 is 18.8 Å². The average Bonchev–Trinajstić information content (AvgIpc) is 2.93. The molecule has 4 rings (SSSR count). The number of nitrogen functional groups attached to an aromatic ring is 1. The van der Waals surface area contributed by atoms with Gasteiger partial charge in [-0.15, -0.1) is 0 Å². The first-order valence-corrected chi connectivity index (χ1v) is 12.8. The van der Waals surface area contributed by atoms with Crippen molar-refractivity contribution in [1.29, 1.82) is 0 Å². The van der Waals surface area contributed by atoms with Crippen LogP contribution >= 0.6 is 0 Å². The van der Waals surface area contributed by atoms with E-state index in [0.29, 0.717) is 17.7 Å². The lowest BCUT2D eigenvalue weighted by Crippen LogP contribution is -2.40. The Bertz CT molecular complexity index is 1500. The Morgan fingerprint density at radius 2 is 1.48 bits per heavy atom. The van der Waals surface area contributed by atoms with Crippen LogP contribution in [-0.2, 0) is 17.9 Å². The number of hydrogen-bond acceptors (Lipinski definition) is 4. The first-order chi connectivity index (χ1) is 19.2. The molecule has 8 heteroatoms. The fourth-order valence-corrected chi connectivity index (χ4v) is 4.32. The number of hydrogen-bond donors (Lipinski definition) is 3. The van der Waals surface area contributed by atoms with E-state index in [1.165, 1.54) is 17.0 Å². The Kier molecular flexibility index (Phi) is 8.91. The van der Waals surface area contributed by atoms with Crippen LogP contribution in [0.5, 0.6) is 0 Å². The molecule has 0 saturated heterocycles. The van der Waals surface area contributed by atoms with Crippen molar-refractivity contribution in [1.82, 2.24) is 10.2 Å². The molecule has 0 aliphatic heterocycles. The van der Waals surface area contributed by atoms with Crippen LogP contribution in [0.25, 0.3) is 0 Å². The summed E-state index contributed by atoms with van der Waals surface area (Å²) < 4.78 is 13.6. The van der Waals surface area contributed by atoms with Crippen molar-refractivity contribution in [2.75, 3.05) is 17.6 Å². The molecule has 0 unspecified atom stereocenters. The number of amides is 3. The molecule has 7 nitrogen and oxygen atoms in total. The minimum atomic E-state index is -0.513. The minimum Gasteiger partial charge on any atom is -0.397 e. The molecule has 0 bridgehead atoms. The van der Waals surface area contributed by atoms with Crippen LogP contribution in [0.3, 0.4) is 0 Å². The van der Waals surface area contributed by atoms with Gasteiger partial charge in [0.2, 0.25) is 5.91 Å². The van der Waals surface area contributed by atoms with Crippen molar-refractivity contribution in [3.63, 3.8) is 0 Å². The van der Waals surface area contributed by atoms with E-state index in [2.05, 4.69) is 10.6 Å². The molecule has 40 heavy (non-hydrogen) atoms. The Morgan fingerprint density at radius 3 is 2.15 bits per heavy atom. The maximum Gasteiger partial charge on any atom is 0.255 e. The summed E-state index contributed by atoms with van der Waals surface area (Å²) in [6, 6.07) is 25.5. The highest BCUT2D eigenvalue weighted by Gasteiger charge is 2.20. The van der Waals surface area contributed by atoms with Crippen LogP contribution < -0.4 is 16.4 Å². The average molecular weight is 539 g/mol. The van der Waals surface area contributed by atoms with Gasteiger partial charge in [-0.3, -0.25) is 14.4 Å². The van der Waals surface area contributed by atoms with Gasteiger partial charge in [0.05, 0.1) is 11.4 Å². The first-order valence-electron chi connectivity index (χ1n) is 12.8. The van der Waals surface area contributed by atoms with Gasteiger partial charge in [-0.1, -0.05) is 59.7 Å². The first kappa shape index (κ1) is 28.0. The summed E-state index contributed by atoms with van der Waals surface area (Å²) in [6.45, 7) is 4.21. The van der Waals surface area contributed by atoms with Gasteiger partial charge >= 0.3 is 0 Å². The molecule has 4 N–H and O–H groups in total. The zero-order valence-electron chi connectivity index (χ0n) is 22.4. The third-order valence-electron chi connectivity index (χ3n) is 6.28. The summed E-state index contributed by atoms with van der Waals surface area (Å²) in [5.74, 6) is -1.52. The van der Waals surface area contributed by atoms with E-state index < -0.39 is 11.7 Å². The second-order valence-electron chi connectivity index (χ2n) is 9.68. The lowest BCUT2D eigenvalue weighted by molar-refractivity contribution is -0.122. The highest BCUT2D eigenvalue weighted by Crippen LogP contribution is 2.21. The van der Waals surface area contributed by atoms with Gasteiger partial charge in [-0.2, -0.15) is 0 Å². The number of carbonyl (C=O) groups is 3. The Morgan fingerprint density at radius 1 is 0.800 bits per heavy atom. The van der Waals surface area contributed by atoms with E-state index in [1.54, 1.807) is 36.4 Å². The van der Waals surface area contributed by atoms with Crippen molar-refractivity contribution >= 4 is 29.1 Å². The van der Waals surface area contributed by atoms with Gasteiger partial charge in [0.15, 0.2) is 0 Å². The zero-order chi connectivity index (χ0) is 28.6. The van der Waals surface area contributed by atoms with Crippen LogP contribution in [0.1, 0.15) is 43.0 Å². The number of nitrogens with two attached hydrogens (primary N) is 1. The summed E-state index contributed by atoms with van der Waals surface area (Å²) in [7, 11) is 0. The third kappa shape index (κ3) is 7.54. The Labute approximate surface area is 232 Å². The molecule has 0 aliphatic rings. The molecular formula is C32H31FN4O3. The maximum atomic E-state index is 13.6. The Hall–Kier alpha value is -4.98. The molecule has 0 aromatic heterocycles. The minimum absolute atomic E-state index is 0.139. The second kappa shape index (κ2) is 12.7. The number of anilines is 2. The third-order valence-corrected chi connectivity index (χ3v) is 6.28. The van der Waals surface area contributed by atoms with Crippen molar-refractivity contribution in [3.05, 3.63) is 130 Å². The molecule has 0 aliphatic carbocycles. The zero-order valence-corrected chi connectivity index (χ0v) is 22.4. The quantitative estimate of drug-likeness (QED) is 0.254. The lowest BCUT2D eigenvalue weighted by atomic mass is 10.1. The van der Waals surface area contributed by atoms with E-state index in [9.17, 15) is 18.8 Å². The molecule has 3 amide bonds. The monoisotopic (exact) mass is 538 g/mol. The molecule has 0 saturated carbocycles. The molecule has 4 aromatic carbocycles. The van der Waals surface area contributed by atoms with Crippen LogP contribution in [0.2, 0.25) is 0 Å².